The number of carbonyl (C=O) groups excluding carboxylic acids is 4. The lowest BCUT2D eigenvalue weighted by atomic mass is 9.75. The first-order valence-electron chi connectivity index (χ1n) is 12.4. The number of rotatable bonds is 6. The summed E-state index contributed by atoms with van der Waals surface area (Å²) in [6, 6.07) is 5.58. The first-order chi connectivity index (χ1) is 18.9. The van der Waals surface area contributed by atoms with Crippen molar-refractivity contribution in [2.45, 2.75) is 80.5 Å². The van der Waals surface area contributed by atoms with E-state index in [1.165, 1.54) is 24.3 Å². The quantitative estimate of drug-likeness (QED) is 0.219. The summed E-state index contributed by atoms with van der Waals surface area (Å²) in [5, 5.41) is 42.2. The molecule has 15 heteroatoms. The summed E-state index contributed by atoms with van der Waals surface area (Å²) in [5.41, 5.74) is -1.97. The topological polar surface area (TPSA) is 214 Å². The zero-order valence-electron chi connectivity index (χ0n) is 21.3. The fourth-order valence-electron chi connectivity index (χ4n) is 5.65. The van der Waals surface area contributed by atoms with E-state index in [4.69, 9.17) is 33.2 Å². The number of hydrogen-bond acceptors (Lipinski definition) is 15. The number of phenolic OH excluding ortho intramolecular Hbond substituents is 1. The van der Waals surface area contributed by atoms with E-state index in [1.54, 1.807) is 0 Å². The molecule has 40 heavy (non-hydrogen) atoms. The van der Waals surface area contributed by atoms with Crippen LogP contribution in [0.4, 0.5) is 0 Å². The summed E-state index contributed by atoms with van der Waals surface area (Å²) in [5.74, 6) is -7.02. The van der Waals surface area contributed by atoms with Crippen molar-refractivity contribution in [3.63, 3.8) is 0 Å². The molecule has 10 atom stereocenters. The Morgan fingerprint density at radius 3 is 2.40 bits per heavy atom. The number of aliphatic hydroxyl groups is 3. The maximum absolute atomic E-state index is 13.5. The molecule has 1 spiro atoms. The Labute approximate surface area is 226 Å². The van der Waals surface area contributed by atoms with Crippen molar-refractivity contribution in [3.05, 3.63) is 29.8 Å². The third kappa shape index (κ3) is 4.38. The van der Waals surface area contributed by atoms with Crippen LogP contribution in [-0.2, 0) is 52.3 Å². The van der Waals surface area contributed by atoms with E-state index >= 15 is 0 Å². The minimum Gasteiger partial charge on any atom is -0.508 e. The monoisotopic (exact) mass is 568 g/mol. The van der Waals surface area contributed by atoms with E-state index in [0.717, 1.165) is 13.8 Å². The maximum Gasteiger partial charge on any atom is 0.357 e. The Balaban J connectivity index is 1.54. The third-order valence-corrected chi connectivity index (χ3v) is 7.36. The second kappa shape index (κ2) is 10.2. The van der Waals surface area contributed by atoms with Crippen LogP contribution in [0, 0.1) is 0 Å². The van der Waals surface area contributed by atoms with Crippen LogP contribution in [0.5, 0.6) is 5.75 Å². The first kappa shape index (κ1) is 28.2. The van der Waals surface area contributed by atoms with Crippen LogP contribution < -0.4 is 0 Å². The molecule has 4 aliphatic heterocycles. The Bertz CT molecular complexity index is 1190. The van der Waals surface area contributed by atoms with Crippen LogP contribution >= 0.6 is 0 Å². The molecule has 15 nitrogen and oxygen atoms in total. The SMILES string of the molecule is CC(=O)OC[C@H]1O[C@@H](O[C@]23OC[C@H](O)[C@H]2OC(=O)[C@@]32OC(=O)C[C@@H]2c2ccc(O)cc2)[C@H](O)[C@@H](O)[C@@H]1OC(C)=O. The largest absolute Gasteiger partial charge is 0.508 e. The van der Waals surface area contributed by atoms with E-state index in [2.05, 4.69) is 0 Å². The van der Waals surface area contributed by atoms with Gasteiger partial charge in [-0.05, 0) is 17.7 Å². The molecule has 0 saturated carbocycles. The maximum atomic E-state index is 13.5. The summed E-state index contributed by atoms with van der Waals surface area (Å²) in [6.07, 6.45) is -11.8. The van der Waals surface area contributed by atoms with Crippen molar-refractivity contribution in [2.24, 2.45) is 0 Å². The van der Waals surface area contributed by atoms with Gasteiger partial charge in [0, 0.05) is 13.8 Å². The molecule has 1 aromatic carbocycles. The minimum absolute atomic E-state index is 0.0812. The number of fused-ring (bicyclic) bond motifs is 2. The molecule has 4 aliphatic rings. The third-order valence-electron chi connectivity index (χ3n) is 7.36. The summed E-state index contributed by atoms with van der Waals surface area (Å²) in [7, 11) is 0. The predicted molar refractivity (Wildman–Crippen MR) is 123 cm³/mol. The zero-order chi connectivity index (χ0) is 29.0. The normalized spacial score (nSPS) is 40.4. The fourth-order valence-corrected chi connectivity index (χ4v) is 5.65. The number of esters is 4. The van der Waals surface area contributed by atoms with Crippen LogP contribution in [0.1, 0.15) is 31.7 Å². The second-order valence-electron chi connectivity index (χ2n) is 9.95. The van der Waals surface area contributed by atoms with Crippen LogP contribution in [0.3, 0.4) is 0 Å². The lowest BCUT2D eigenvalue weighted by Crippen LogP contribution is -2.67. The van der Waals surface area contributed by atoms with Gasteiger partial charge in [-0.1, -0.05) is 12.1 Å². The highest BCUT2D eigenvalue weighted by molar-refractivity contribution is 5.92. The Hall–Kier alpha value is -3.34. The molecule has 1 aromatic rings. The van der Waals surface area contributed by atoms with Gasteiger partial charge in [0.25, 0.3) is 11.4 Å². The summed E-state index contributed by atoms with van der Waals surface area (Å²) < 4.78 is 38.8. The van der Waals surface area contributed by atoms with Crippen molar-refractivity contribution in [1.29, 1.82) is 0 Å². The number of hydrogen-bond donors (Lipinski definition) is 4. The van der Waals surface area contributed by atoms with Crippen molar-refractivity contribution in [2.75, 3.05) is 13.2 Å². The fraction of sp³-hybridized carbons (Fsp3) is 0.600. The molecule has 0 radical (unpaired) electrons. The number of aromatic hydroxyl groups is 1. The van der Waals surface area contributed by atoms with Crippen LogP contribution in [0.25, 0.3) is 0 Å². The van der Waals surface area contributed by atoms with Gasteiger partial charge in [-0.25, -0.2) is 4.79 Å². The highest BCUT2D eigenvalue weighted by Gasteiger charge is 2.82. The van der Waals surface area contributed by atoms with Gasteiger partial charge in [-0.2, -0.15) is 0 Å². The van der Waals surface area contributed by atoms with E-state index < -0.39 is 97.3 Å². The van der Waals surface area contributed by atoms with E-state index in [0.29, 0.717) is 5.56 Å². The lowest BCUT2D eigenvalue weighted by molar-refractivity contribution is -0.389. The lowest BCUT2D eigenvalue weighted by Gasteiger charge is -2.46. The molecule has 0 bridgehead atoms. The van der Waals surface area contributed by atoms with Gasteiger partial charge < -0.3 is 53.6 Å². The van der Waals surface area contributed by atoms with Crippen LogP contribution in [0.2, 0.25) is 0 Å². The van der Waals surface area contributed by atoms with Crippen molar-refractivity contribution in [3.8, 4) is 5.75 Å². The van der Waals surface area contributed by atoms with E-state index in [-0.39, 0.29) is 12.2 Å². The van der Waals surface area contributed by atoms with Crippen molar-refractivity contribution >= 4 is 23.9 Å². The molecule has 4 heterocycles. The second-order valence-corrected chi connectivity index (χ2v) is 9.95. The molecule has 4 fully saturated rings. The van der Waals surface area contributed by atoms with Gasteiger partial charge in [-0.15, -0.1) is 0 Å². The van der Waals surface area contributed by atoms with Crippen molar-refractivity contribution in [1.82, 2.24) is 0 Å². The van der Waals surface area contributed by atoms with Gasteiger partial charge >= 0.3 is 23.9 Å². The standard InChI is InChI=1S/C25H28O15/c1-10(26)34-9-16-20(36-11(2)27)18(31)19(32)22(37-16)40-25-21(15(29)8-35-25)38-23(33)24(25)14(7-17(30)39-24)12-3-5-13(28)6-4-12/h3-6,14-16,18-22,28-29,31-32H,7-9H2,1-2H3/t14-,15+,16-,18-,19-,20-,21-,22+,24-,25-/m1/s1. The van der Waals surface area contributed by atoms with Crippen molar-refractivity contribution < 1.29 is 72.8 Å². The molecule has 218 valence electrons. The first-order valence-corrected chi connectivity index (χ1v) is 12.4. The molecular weight excluding hydrogens is 540 g/mol. The molecule has 4 saturated heterocycles. The molecule has 0 aliphatic carbocycles. The predicted octanol–water partition coefficient (Wildman–Crippen LogP) is -1.87. The Morgan fingerprint density at radius 2 is 1.75 bits per heavy atom. The molecule has 5 rings (SSSR count). The summed E-state index contributed by atoms with van der Waals surface area (Å²) in [6.45, 7) is 1.22. The van der Waals surface area contributed by atoms with Gasteiger partial charge in [0.05, 0.1) is 18.9 Å². The highest BCUT2D eigenvalue weighted by atomic mass is 16.8. The molecule has 0 amide bonds. The Kier molecular flexibility index (Phi) is 7.22. The average Bonchev–Trinajstić information content (AvgIpc) is 3.49. The molecule has 0 aromatic heterocycles. The number of benzene rings is 1. The van der Waals surface area contributed by atoms with Crippen LogP contribution in [-0.4, -0.2) is 112 Å². The Morgan fingerprint density at radius 1 is 1.05 bits per heavy atom. The van der Waals surface area contributed by atoms with E-state index in [9.17, 15) is 39.6 Å². The number of aliphatic hydroxyl groups excluding tert-OH is 3. The van der Waals surface area contributed by atoms with Gasteiger partial charge in [0.2, 0.25) is 0 Å². The number of carbonyl (C=O) groups is 4. The molecule has 4 N–H and O–H groups in total. The van der Waals surface area contributed by atoms with Gasteiger partial charge in [0.15, 0.2) is 18.5 Å². The highest BCUT2D eigenvalue weighted by Crippen LogP contribution is 2.58. The average molecular weight is 568 g/mol. The summed E-state index contributed by atoms with van der Waals surface area (Å²) >= 11 is 0. The van der Waals surface area contributed by atoms with Gasteiger partial charge in [-0.3, -0.25) is 14.4 Å². The zero-order valence-corrected chi connectivity index (χ0v) is 21.3. The van der Waals surface area contributed by atoms with Gasteiger partial charge in [0.1, 0.15) is 36.8 Å². The molecule has 0 unspecified atom stereocenters. The summed E-state index contributed by atoms with van der Waals surface area (Å²) in [4.78, 5) is 49.3. The number of phenols is 1. The minimum atomic E-state index is -2.39. The van der Waals surface area contributed by atoms with E-state index in [1.807, 2.05) is 0 Å². The number of ether oxygens (including phenoxy) is 7. The molecular formula is C25H28O15. The van der Waals surface area contributed by atoms with Crippen LogP contribution in [0.15, 0.2) is 24.3 Å². The smallest absolute Gasteiger partial charge is 0.357 e.